The number of hydrogen-bond donors (Lipinski definition) is 3. The Labute approximate surface area is 174 Å². The van der Waals surface area contributed by atoms with Gasteiger partial charge in [-0.2, -0.15) is 5.10 Å². The van der Waals surface area contributed by atoms with Gasteiger partial charge in [-0.25, -0.2) is 13.1 Å². The van der Waals surface area contributed by atoms with Crippen LogP contribution in [0.2, 0.25) is 0 Å². The Morgan fingerprint density at radius 3 is 2.10 bits per heavy atom. The largest absolute Gasteiger partial charge is 0.382 e. The average molecular weight is 417 g/mol. The SMILES string of the molecule is CC.CC.Cc1ccc(S(=O)(=O)NC(Cc2ccccc2)c2cc(N)n[nH]2)cc1. The summed E-state index contributed by atoms with van der Waals surface area (Å²) < 4.78 is 28.2. The first-order chi connectivity index (χ1) is 13.9. The molecule has 0 saturated carbocycles. The van der Waals surface area contributed by atoms with Crippen LogP contribution in [0.15, 0.2) is 65.6 Å². The van der Waals surface area contributed by atoms with Crippen molar-refractivity contribution in [3.05, 3.63) is 77.5 Å². The minimum atomic E-state index is -3.67. The Hall–Kier alpha value is -2.64. The summed E-state index contributed by atoms with van der Waals surface area (Å²) in [5.74, 6) is 0.322. The number of sulfonamides is 1. The lowest BCUT2D eigenvalue weighted by atomic mass is 10.0. The summed E-state index contributed by atoms with van der Waals surface area (Å²) in [7, 11) is -3.67. The Balaban J connectivity index is 0.000000989. The molecule has 1 heterocycles. The van der Waals surface area contributed by atoms with Crippen molar-refractivity contribution < 1.29 is 8.42 Å². The van der Waals surface area contributed by atoms with Gasteiger partial charge in [0.25, 0.3) is 0 Å². The summed E-state index contributed by atoms with van der Waals surface area (Å²) in [5, 5.41) is 6.72. The fourth-order valence-electron chi connectivity index (χ4n) is 2.57. The topological polar surface area (TPSA) is 101 Å². The van der Waals surface area contributed by atoms with E-state index in [2.05, 4.69) is 14.9 Å². The lowest BCUT2D eigenvalue weighted by molar-refractivity contribution is 0.549. The molecule has 3 rings (SSSR count). The second-order valence-corrected chi connectivity index (χ2v) is 7.64. The van der Waals surface area contributed by atoms with Crippen LogP contribution in [-0.4, -0.2) is 18.6 Å². The molecule has 0 aliphatic heterocycles. The van der Waals surface area contributed by atoms with E-state index in [0.29, 0.717) is 17.9 Å². The molecule has 158 valence electrons. The highest BCUT2D eigenvalue weighted by Crippen LogP contribution is 2.21. The van der Waals surface area contributed by atoms with Crippen molar-refractivity contribution in [2.45, 2.75) is 52.0 Å². The van der Waals surface area contributed by atoms with Crippen LogP contribution in [0, 0.1) is 6.92 Å². The summed E-state index contributed by atoms with van der Waals surface area (Å²) in [5.41, 5.74) is 8.31. The van der Waals surface area contributed by atoms with Crippen molar-refractivity contribution in [3.63, 3.8) is 0 Å². The normalized spacial score (nSPS) is 11.5. The standard InChI is InChI=1S/C18H20N4O2S.2C2H6/c1-13-7-9-15(10-8-13)25(23,24)22-17(16-12-18(19)21-20-16)11-14-5-3-2-4-6-14;2*1-2/h2-10,12,17,22H,11H2,1H3,(H3,19,20,21);2*1-2H3. The highest BCUT2D eigenvalue weighted by atomic mass is 32.2. The van der Waals surface area contributed by atoms with Gasteiger partial charge in [0, 0.05) is 6.07 Å². The van der Waals surface area contributed by atoms with E-state index in [-0.39, 0.29) is 4.90 Å². The van der Waals surface area contributed by atoms with Crippen molar-refractivity contribution in [1.82, 2.24) is 14.9 Å². The van der Waals surface area contributed by atoms with E-state index in [1.807, 2.05) is 65.0 Å². The van der Waals surface area contributed by atoms with E-state index in [1.165, 1.54) is 0 Å². The number of H-pyrrole nitrogens is 1. The van der Waals surface area contributed by atoms with E-state index >= 15 is 0 Å². The molecule has 29 heavy (non-hydrogen) atoms. The van der Waals surface area contributed by atoms with Crippen LogP contribution < -0.4 is 10.5 Å². The molecule has 0 fully saturated rings. The zero-order chi connectivity index (χ0) is 21.9. The number of aromatic nitrogens is 2. The van der Waals surface area contributed by atoms with Crippen LogP contribution >= 0.6 is 0 Å². The van der Waals surface area contributed by atoms with Crippen LogP contribution in [0.1, 0.15) is 50.6 Å². The molecule has 0 aliphatic carbocycles. The second kappa shape index (κ2) is 12.0. The van der Waals surface area contributed by atoms with Crippen molar-refractivity contribution in [2.24, 2.45) is 0 Å². The van der Waals surface area contributed by atoms with Crippen LogP contribution in [0.25, 0.3) is 0 Å². The number of aryl methyl sites for hydroxylation is 1. The summed E-state index contributed by atoms with van der Waals surface area (Å²) in [4.78, 5) is 0.226. The maximum Gasteiger partial charge on any atom is 0.241 e. The quantitative estimate of drug-likeness (QED) is 0.546. The summed E-state index contributed by atoms with van der Waals surface area (Å²) in [6.07, 6.45) is 0.480. The van der Waals surface area contributed by atoms with Crippen molar-refractivity contribution in [3.8, 4) is 0 Å². The van der Waals surface area contributed by atoms with Gasteiger partial charge in [0.05, 0.1) is 16.6 Å². The van der Waals surface area contributed by atoms with E-state index < -0.39 is 16.1 Å². The Kier molecular flexibility index (Phi) is 10.1. The van der Waals surface area contributed by atoms with E-state index in [0.717, 1.165) is 11.1 Å². The molecule has 0 spiro atoms. The molecule has 2 aromatic carbocycles. The van der Waals surface area contributed by atoms with Crippen LogP contribution in [0.3, 0.4) is 0 Å². The number of nitrogens with two attached hydrogens (primary N) is 1. The zero-order valence-corrected chi connectivity index (χ0v) is 18.6. The van der Waals surface area contributed by atoms with Crippen molar-refractivity contribution in [1.29, 1.82) is 0 Å². The Bertz CT molecular complexity index is 936. The molecule has 0 bridgehead atoms. The summed E-state index contributed by atoms with van der Waals surface area (Å²) in [6, 6.07) is 17.5. The molecule has 6 nitrogen and oxygen atoms in total. The third kappa shape index (κ3) is 7.36. The molecule has 1 atom stereocenters. The van der Waals surface area contributed by atoms with Crippen molar-refractivity contribution in [2.75, 3.05) is 5.73 Å². The molecule has 1 aromatic heterocycles. The molecule has 7 heteroatoms. The zero-order valence-electron chi connectivity index (χ0n) is 17.8. The third-order valence-corrected chi connectivity index (χ3v) is 5.39. The van der Waals surface area contributed by atoms with Gasteiger partial charge in [-0.15, -0.1) is 0 Å². The van der Waals surface area contributed by atoms with Crippen LogP contribution in [0.4, 0.5) is 5.82 Å². The fraction of sp³-hybridized carbons (Fsp3) is 0.318. The van der Waals surface area contributed by atoms with Crippen LogP contribution in [-0.2, 0) is 16.4 Å². The Morgan fingerprint density at radius 1 is 1.00 bits per heavy atom. The second-order valence-electron chi connectivity index (χ2n) is 5.92. The highest BCUT2D eigenvalue weighted by Gasteiger charge is 2.23. The number of anilines is 1. The van der Waals surface area contributed by atoms with E-state index in [9.17, 15) is 8.42 Å². The minimum absolute atomic E-state index is 0.226. The maximum atomic E-state index is 12.7. The summed E-state index contributed by atoms with van der Waals surface area (Å²) in [6.45, 7) is 9.91. The third-order valence-electron chi connectivity index (χ3n) is 3.90. The summed E-state index contributed by atoms with van der Waals surface area (Å²) >= 11 is 0. The van der Waals surface area contributed by atoms with Crippen LogP contribution in [0.5, 0.6) is 0 Å². The molecular weight excluding hydrogens is 384 g/mol. The molecule has 0 aliphatic rings. The van der Waals surface area contributed by atoms with E-state index in [4.69, 9.17) is 5.73 Å². The average Bonchev–Trinajstić information content (AvgIpc) is 3.18. The molecule has 1 unspecified atom stereocenters. The first-order valence-electron chi connectivity index (χ1n) is 9.88. The van der Waals surface area contributed by atoms with Gasteiger partial charge in [0.1, 0.15) is 5.82 Å². The number of aromatic amines is 1. The minimum Gasteiger partial charge on any atom is -0.382 e. The lowest BCUT2D eigenvalue weighted by Crippen LogP contribution is -2.30. The van der Waals surface area contributed by atoms with Gasteiger partial charge < -0.3 is 5.73 Å². The number of nitrogen functional groups attached to an aromatic ring is 1. The molecular formula is C22H32N4O2S. The van der Waals surface area contributed by atoms with Gasteiger partial charge in [0.15, 0.2) is 0 Å². The predicted octanol–water partition coefficient (Wildman–Crippen LogP) is 4.62. The molecule has 4 N–H and O–H groups in total. The number of nitrogens with zero attached hydrogens (tertiary/aromatic N) is 1. The first-order valence-corrected chi connectivity index (χ1v) is 11.4. The van der Waals surface area contributed by atoms with Gasteiger partial charge in [-0.1, -0.05) is 75.7 Å². The number of benzene rings is 2. The highest BCUT2D eigenvalue weighted by molar-refractivity contribution is 7.89. The predicted molar refractivity (Wildman–Crippen MR) is 120 cm³/mol. The van der Waals surface area contributed by atoms with Crippen molar-refractivity contribution >= 4 is 15.8 Å². The molecule has 0 amide bonds. The van der Waals surface area contributed by atoms with Gasteiger partial charge in [-0.3, -0.25) is 5.10 Å². The molecule has 3 aromatic rings. The number of hydrogen-bond acceptors (Lipinski definition) is 4. The maximum absolute atomic E-state index is 12.7. The molecule has 0 saturated heterocycles. The lowest BCUT2D eigenvalue weighted by Gasteiger charge is -2.18. The van der Waals surface area contributed by atoms with Gasteiger partial charge in [-0.05, 0) is 31.0 Å². The van der Waals surface area contributed by atoms with Gasteiger partial charge >= 0.3 is 0 Å². The van der Waals surface area contributed by atoms with E-state index in [1.54, 1.807) is 30.3 Å². The molecule has 0 radical (unpaired) electrons. The first kappa shape index (κ1) is 24.4. The Morgan fingerprint density at radius 2 is 1.59 bits per heavy atom. The number of rotatable bonds is 6. The monoisotopic (exact) mass is 416 g/mol. The van der Waals surface area contributed by atoms with Gasteiger partial charge in [0.2, 0.25) is 10.0 Å². The smallest absolute Gasteiger partial charge is 0.241 e. The number of nitrogens with one attached hydrogen (secondary N) is 2. The fourth-order valence-corrected chi connectivity index (χ4v) is 3.78.